The Labute approximate surface area is 80.4 Å². The van der Waals surface area contributed by atoms with Crippen molar-refractivity contribution in [2.75, 3.05) is 6.54 Å². The summed E-state index contributed by atoms with van der Waals surface area (Å²) >= 11 is 0. The van der Waals surface area contributed by atoms with Crippen LogP contribution in [-0.4, -0.2) is 12.5 Å². The summed E-state index contributed by atoms with van der Waals surface area (Å²) in [7, 11) is 0. The van der Waals surface area contributed by atoms with Gasteiger partial charge in [-0.2, -0.15) is 0 Å². The van der Waals surface area contributed by atoms with E-state index in [0.717, 1.165) is 18.4 Å². The Kier molecular flexibility index (Phi) is 6.72. The highest BCUT2D eigenvalue weighted by atomic mass is 16.1. The molecule has 0 saturated heterocycles. The predicted octanol–water partition coefficient (Wildman–Crippen LogP) is 1.87. The van der Waals surface area contributed by atoms with Gasteiger partial charge in [0.1, 0.15) is 0 Å². The summed E-state index contributed by atoms with van der Waals surface area (Å²) in [4.78, 5) is 11.3. The standard InChI is InChI=1S/C11H17NO/c1-4-6-7-9-12-11(13)10(3)8-5-2/h8H,5,7,9H2,1-3H3,(H,12,13)/b10-8-. The van der Waals surface area contributed by atoms with E-state index in [1.807, 2.05) is 19.9 Å². The summed E-state index contributed by atoms with van der Waals surface area (Å²) < 4.78 is 0. The molecule has 0 unspecified atom stereocenters. The Balaban J connectivity index is 3.72. The van der Waals surface area contributed by atoms with Crippen LogP contribution in [0.1, 0.15) is 33.6 Å². The smallest absolute Gasteiger partial charge is 0.246 e. The number of carbonyl (C=O) groups is 1. The predicted molar refractivity (Wildman–Crippen MR) is 55.1 cm³/mol. The van der Waals surface area contributed by atoms with Crippen LogP contribution in [0.5, 0.6) is 0 Å². The van der Waals surface area contributed by atoms with Crippen LogP contribution in [0.3, 0.4) is 0 Å². The van der Waals surface area contributed by atoms with E-state index in [1.54, 1.807) is 6.92 Å². The molecule has 0 spiro atoms. The first kappa shape index (κ1) is 11.8. The van der Waals surface area contributed by atoms with E-state index in [1.165, 1.54) is 0 Å². The van der Waals surface area contributed by atoms with Crippen molar-refractivity contribution in [3.05, 3.63) is 11.6 Å². The Morgan fingerprint density at radius 1 is 1.54 bits per heavy atom. The summed E-state index contributed by atoms with van der Waals surface area (Å²) in [5.41, 5.74) is 0.784. The van der Waals surface area contributed by atoms with E-state index in [0.29, 0.717) is 6.54 Å². The van der Waals surface area contributed by atoms with Crippen LogP contribution in [0.2, 0.25) is 0 Å². The average molecular weight is 179 g/mol. The first-order valence-electron chi connectivity index (χ1n) is 4.57. The number of hydrogen-bond donors (Lipinski definition) is 1. The molecule has 0 rings (SSSR count). The van der Waals surface area contributed by atoms with Crippen molar-refractivity contribution in [3.63, 3.8) is 0 Å². The van der Waals surface area contributed by atoms with Crippen LogP contribution < -0.4 is 5.32 Å². The summed E-state index contributed by atoms with van der Waals surface area (Å²) in [6, 6.07) is 0. The van der Waals surface area contributed by atoms with Crippen LogP contribution in [-0.2, 0) is 4.79 Å². The van der Waals surface area contributed by atoms with Crippen LogP contribution in [0, 0.1) is 11.8 Å². The van der Waals surface area contributed by atoms with Gasteiger partial charge in [0.2, 0.25) is 5.91 Å². The van der Waals surface area contributed by atoms with Crippen molar-refractivity contribution in [1.29, 1.82) is 0 Å². The second kappa shape index (κ2) is 7.42. The molecule has 72 valence electrons. The molecular weight excluding hydrogens is 162 g/mol. The van der Waals surface area contributed by atoms with Crippen LogP contribution >= 0.6 is 0 Å². The van der Waals surface area contributed by atoms with Gasteiger partial charge < -0.3 is 5.32 Å². The molecule has 1 N–H and O–H groups in total. The normalized spacial score (nSPS) is 10.2. The maximum atomic E-state index is 11.3. The first-order chi connectivity index (χ1) is 6.22. The molecule has 0 radical (unpaired) electrons. The molecule has 0 aromatic rings. The minimum atomic E-state index is 0.0137. The van der Waals surface area contributed by atoms with Crippen molar-refractivity contribution in [2.24, 2.45) is 0 Å². The lowest BCUT2D eigenvalue weighted by Gasteiger charge is -2.01. The Bertz CT molecular complexity index is 243. The second-order valence-corrected chi connectivity index (χ2v) is 2.73. The lowest BCUT2D eigenvalue weighted by Crippen LogP contribution is -2.24. The highest BCUT2D eigenvalue weighted by Gasteiger charge is 2.00. The van der Waals surface area contributed by atoms with Crippen molar-refractivity contribution in [1.82, 2.24) is 5.32 Å². The van der Waals surface area contributed by atoms with Crippen molar-refractivity contribution < 1.29 is 4.79 Å². The molecule has 1 amide bonds. The fourth-order valence-corrected chi connectivity index (χ4v) is 0.902. The van der Waals surface area contributed by atoms with E-state index in [4.69, 9.17) is 0 Å². The number of amides is 1. The highest BCUT2D eigenvalue weighted by molar-refractivity contribution is 5.92. The van der Waals surface area contributed by atoms with E-state index in [2.05, 4.69) is 17.2 Å². The quantitative estimate of drug-likeness (QED) is 0.398. The molecule has 0 aromatic carbocycles. The molecule has 0 saturated carbocycles. The van der Waals surface area contributed by atoms with Crippen LogP contribution in [0.15, 0.2) is 11.6 Å². The lowest BCUT2D eigenvalue weighted by molar-refractivity contribution is -0.117. The van der Waals surface area contributed by atoms with Gasteiger partial charge in [-0.3, -0.25) is 4.79 Å². The number of hydrogen-bond acceptors (Lipinski definition) is 1. The van der Waals surface area contributed by atoms with E-state index in [9.17, 15) is 4.79 Å². The maximum Gasteiger partial charge on any atom is 0.246 e. The number of carbonyl (C=O) groups excluding carboxylic acids is 1. The van der Waals surface area contributed by atoms with Gasteiger partial charge in [-0.15, -0.1) is 11.8 Å². The topological polar surface area (TPSA) is 29.1 Å². The minimum absolute atomic E-state index is 0.0137. The minimum Gasteiger partial charge on any atom is -0.351 e. The van der Waals surface area contributed by atoms with Gasteiger partial charge in [0.25, 0.3) is 0 Å². The van der Waals surface area contributed by atoms with E-state index < -0.39 is 0 Å². The van der Waals surface area contributed by atoms with Gasteiger partial charge in [0, 0.05) is 18.5 Å². The van der Waals surface area contributed by atoms with Gasteiger partial charge in [-0.25, -0.2) is 0 Å². The zero-order chi connectivity index (χ0) is 10.1. The van der Waals surface area contributed by atoms with E-state index in [-0.39, 0.29) is 5.91 Å². The summed E-state index contributed by atoms with van der Waals surface area (Å²) in [5.74, 6) is 5.68. The molecule has 0 aliphatic rings. The molecule has 0 aromatic heterocycles. The molecule has 0 heterocycles. The third-order valence-corrected chi connectivity index (χ3v) is 1.58. The van der Waals surface area contributed by atoms with Gasteiger partial charge >= 0.3 is 0 Å². The zero-order valence-electron chi connectivity index (χ0n) is 8.61. The third kappa shape index (κ3) is 5.98. The molecule has 2 heteroatoms. The van der Waals surface area contributed by atoms with Gasteiger partial charge in [0.05, 0.1) is 0 Å². The van der Waals surface area contributed by atoms with Crippen molar-refractivity contribution in [2.45, 2.75) is 33.6 Å². The summed E-state index contributed by atoms with van der Waals surface area (Å²) in [6.45, 7) is 6.27. The largest absolute Gasteiger partial charge is 0.351 e. The Hall–Kier alpha value is -1.23. The molecule has 0 aliphatic heterocycles. The number of rotatable bonds is 4. The SMILES string of the molecule is CC#CCCNC(=O)/C(C)=C\CC. The number of nitrogens with one attached hydrogen (secondary N) is 1. The summed E-state index contributed by atoms with van der Waals surface area (Å²) in [6.07, 6.45) is 3.54. The molecular formula is C11H17NO. The molecule has 0 atom stereocenters. The molecule has 2 nitrogen and oxygen atoms in total. The van der Waals surface area contributed by atoms with Crippen molar-refractivity contribution in [3.8, 4) is 11.8 Å². The van der Waals surface area contributed by atoms with Crippen LogP contribution in [0.4, 0.5) is 0 Å². The fourth-order valence-electron chi connectivity index (χ4n) is 0.902. The Morgan fingerprint density at radius 2 is 2.23 bits per heavy atom. The van der Waals surface area contributed by atoms with E-state index >= 15 is 0 Å². The summed E-state index contributed by atoms with van der Waals surface area (Å²) in [5, 5.41) is 2.79. The highest BCUT2D eigenvalue weighted by Crippen LogP contribution is 1.94. The van der Waals surface area contributed by atoms with Gasteiger partial charge in [-0.1, -0.05) is 13.0 Å². The molecule has 0 aliphatic carbocycles. The number of allylic oxidation sites excluding steroid dienone is 1. The second-order valence-electron chi connectivity index (χ2n) is 2.73. The molecule has 13 heavy (non-hydrogen) atoms. The maximum absolute atomic E-state index is 11.3. The van der Waals surface area contributed by atoms with Crippen LogP contribution in [0.25, 0.3) is 0 Å². The Morgan fingerprint density at radius 3 is 2.77 bits per heavy atom. The van der Waals surface area contributed by atoms with Gasteiger partial charge in [-0.05, 0) is 20.3 Å². The van der Waals surface area contributed by atoms with Gasteiger partial charge in [0.15, 0.2) is 0 Å². The molecule has 0 fully saturated rings. The third-order valence-electron chi connectivity index (χ3n) is 1.58. The molecule has 0 bridgehead atoms. The first-order valence-corrected chi connectivity index (χ1v) is 4.57. The average Bonchev–Trinajstić information content (AvgIpc) is 2.12. The van der Waals surface area contributed by atoms with Crippen molar-refractivity contribution >= 4 is 5.91 Å². The fraction of sp³-hybridized carbons (Fsp3) is 0.545. The lowest BCUT2D eigenvalue weighted by atomic mass is 10.2. The monoisotopic (exact) mass is 179 g/mol. The zero-order valence-corrected chi connectivity index (χ0v) is 8.61.